The van der Waals surface area contributed by atoms with E-state index in [4.69, 9.17) is 17.0 Å². The lowest BCUT2D eigenvalue weighted by molar-refractivity contribution is 0.123. The first-order valence-electron chi connectivity index (χ1n) is 9.33. The molecule has 1 heterocycles. The van der Waals surface area contributed by atoms with Gasteiger partial charge < -0.3 is 20.3 Å². The van der Waals surface area contributed by atoms with Crippen molar-refractivity contribution in [3.05, 3.63) is 53.6 Å². The van der Waals surface area contributed by atoms with Gasteiger partial charge in [-0.25, -0.2) is 0 Å². The summed E-state index contributed by atoms with van der Waals surface area (Å²) < 4.78 is 5.47. The van der Waals surface area contributed by atoms with Crippen molar-refractivity contribution in [2.45, 2.75) is 26.7 Å². The van der Waals surface area contributed by atoms with Gasteiger partial charge in [-0.05, 0) is 48.3 Å². The van der Waals surface area contributed by atoms with Gasteiger partial charge in [0.15, 0.2) is 5.11 Å². The maximum absolute atomic E-state index is 5.63. The van der Waals surface area contributed by atoms with Crippen molar-refractivity contribution in [2.75, 3.05) is 41.8 Å². The molecular weight excluding hydrogens is 342 g/mol. The summed E-state index contributed by atoms with van der Waals surface area (Å²) in [5.74, 6) is 0. The molecule has 0 atom stereocenters. The number of para-hydroxylation sites is 3. The zero-order chi connectivity index (χ0) is 18.4. The normalized spacial score (nSPS) is 14.2. The van der Waals surface area contributed by atoms with E-state index >= 15 is 0 Å². The third-order valence-electron chi connectivity index (χ3n) is 4.74. The van der Waals surface area contributed by atoms with Crippen molar-refractivity contribution < 1.29 is 4.74 Å². The van der Waals surface area contributed by atoms with Gasteiger partial charge in [-0.1, -0.05) is 44.2 Å². The summed E-state index contributed by atoms with van der Waals surface area (Å²) in [4.78, 5) is 2.34. The van der Waals surface area contributed by atoms with E-state index in [-0.39, 0.29) is 0 Å². The van der Waals surface area contributed by atoms with Gasteiger partial charge in [0.25, 0.3) is 0 Å². The van der Waals surface area contributed by atoms with E-state index in [9.17, 15) is 0 Å². The number of nitrogens with one attached hydrogen (secondary N) is 2. The second kappa shape index (κ2) is 9.01. The summed E-state index contributed by atoms with van der Waals surface area (Å²) in [7, 11) is 0. The maximum Gasteiger partial charge on any atom is 0.175 e. The van der Waals surface area contributed by atoms with Crippen LogP contribution in [-0.4, -0.2) is 31.4 Å². The molecule has 2 N–H and O–H groups in total. The smallest absolute Gasteiger partial charge is 0.175 e. The highest BCUT2D eigenvalue weighted by molar-refractivity contribution is 7.80. The number of ether oxygens (including phenoxy) is 1. The van der Waals surface area contributed by atoms with Crippen molar-refractivity contribution in [1.82, 2.24) is 0 Å². The molecule has 5 heteroatoms. The van der Waals surface area contributed by atoms with Crippen LogP contribution in [0.2, 0.25) is 0 Å². The molecule has 3 rings (SSSR count). The molecule has 138 valence electrons. The molecular formula is C21H27N3OS. The Kier molecular flexibility index (Phi) is 6.47. The molecule has 1 aliphatic heterocycles. The fourth-order valence-electron chi connectivity index (χ4n) is 3.33. The van der Waals surface area contributed by atoms with Gasteiger partial charge in [-0.3, -0.25) is 0 Å². The Balaban J connectivity index is 1.77. The van der Waals surface area contributed by atoms with Crippen LogP contribution in [0.5, 0.6) is 0 Å². The van der Waals surface area contributed by atoms with Crippen LogP contribution < -0.4 is 15.5 Å². The van der Waals surface area contributed by atoms with Gasteiger partial charge in [0.1, 0.15) is 0 Å². The summed E-state index contributed by atoms with van der Waals surface area (Å²) in [6, 6.07) is 14.7. The van der Waals surface area contributed by atoms with Gasteiger partial charge in [0.2, 0.25) is 0 Å². The van der Waals surface area contributed by atoms with E-state index in [0.29, 0.717) is 5.11 Å². The van der Waals surface area contributed by atoms with Crippen LogP contribution in [0.1, 0.15) is 25.0 Å². The number of thiocarbonyl (C=S) groups is 1. The van der Waals surface area contributed by atoms with E-state index in [0.717, 1.165) is 50.5 Å². The third-order valence-corrected chi connectivity index (χ3v) is 4.95. The van der Waals surface area contributed by atoms with Crippen LogP contribution in [0.3, 0.4) is 0 Å². The van der Waals surface area contributed by atoms with Crippen molar-refractivity contribution in [2.24, 2.45) is 0 Å². The fraction of sp³-hybridized carbons (Fsp3) is 0.381. The number of rotatable bonds is 5. The van der Waals surface area contributed by atoms with E-state index in [1.807, 2.05) is 6.07 Å². The Bertz CT molecular complexity index is 734. The molecule has 1 fully saturated rings. The SMILES string of the molecule is CCc1cccc(CC)c1NC(=S)Nc1ccccc1N1CCOCC1. The van der Waals surface area contributed by atoms with Crippen molar-refractivity contribution >= 4 is 34.4 Å². The fourth-order valence-corrected chi connectivity index (χ4v) is 3.54. The molecule has 2 aromatic carbocycles. The van der Waals surface area contributed by atoms with Gasteiger partial charge in [-0.15, -0.1) is 0 Å². The Morgan fingerprint density at radius 2 is 1.62 bits per heavy atom. The molecule has 0 unspecified atom stereocenters. The molecule has 0 saturated carbocycles. The van der Waals surface area contributed by atoms with Crippen LogP contribution in [-0.2, 0) is 17.6 Å². The van der Waals surface area contributed by atoms with Gasteiger partial charge >= 0.3 is 0 Å². The lowest BCUT2D eigenvalue weighted by atomic mass is 10.0. The summed E-state index contributed by atoms with van der Waals surface area (Å²) in [5.41, 5.74) is 5.90. The van der Waals surface area contributed by atoms with E-state index < -0.39 is 0 Å². The Labute approximate surface area is 161 Å². The third kappa shape index (κ3) is 4.34. The van der Waals surface area contributed by atoms with Crippen LogP contribution in [0.15, 0.2) is 42.5 Å². The second-order valence-electron chi connectivity index (χ2n) is 6.35. The van der Waals surface area contributed by atoms with Gasteiger partial charge in [0, 0.05) is 18.8 Å². The minimum Gasteiger partial charge on any atom is -0.378 e. The van der Waals surface area contributed by atoms with E-state index in [2.05, 4.69) is 65.8 Å². The molecule has 1 aliphatic rings. The first-order chi connectivity index (χ1) is 12.7. The number of anilines is 3. The first-order valence-corrected chi connectivity index (χ1v) is 9.74. The number of nitrogens with zero attached hydrogens (tertiary/aromatic N) is 1. The number of aryl methyl sites for hydroxylation is 2. The van der Waals surface area contributed by atoms with Crippen LogP contribution in [0.25, 0.3) is 0 Å². The molecule has 1 saturated heterocycles. The highest BCUT2D eigenvalue weighted by Crippen LogP contribution is 2.27. The Morgan fingerprint density at radius 1 is 0.962 bits per heavy atom. The lowest BCUT2D eigenvalue weighted by Gasteiger charge is -2.30. The largest absolute Gasteiger partial charge is 0.378 e. The number of hydrogen-bond donors (Lipinski definition) is 2. The maximum atomic E-state index is 5.63. The highest BCUT2D eigenvalue weighted by atomic mass is 32.1. The lowest BCUT2D eigenvalue weighted by Crippen LogP contribution is -2.37. The summed E-state index contributed by atoms with van der Waals surface area (Å²) >= 11 is 5.63. The van der Waals surface area contributed by atoms with Crippen molar-refractivity contribution in [3.63, 3.8) is 0 Å². The van der Waals surface area contributed by atoms with E-state index in [1.165, 1.54) is 16.8 Å². The molecule has 0 spiro atoms. The second-order valence-corrected chi connectivity index (χ2v) is 6.76. The Morgan fingerprint density at radius 3 is 2.27 bits per heavy atom. The molecule has 0 radical (unpaired) electrons. The molecule has 4 nitrogen and oxygen atoms in total. The molecule has 0 bridgehead atoms. The molecule has 2 aromatic rings. The van der Waals surface area contributed by atoms with Crippen molar-refractivity contribution in [3.8, 4) is 0 Å². The summed E-state index contributed by atoms with van der Waals surface area (Å²) in [5, 5.41) is 7.46. The highest BCUT2D eigenvalue weighted by Gasteiger charge is 2.15. The van der Waals surface area contributed by atoms with Crippen LogP contribution >= 0.6 is 12.2 Å². The summed E-state index contributed by atoms with van der Waals surface area (Å²) in [6.07, 6.45) is 1.95. The minimum atomic E-state index is 0.626. The zero-order valence-electron chi connectivity index (χ0n) is 15.5. The quantitative estimate of drug-likeness (QED) is 0.761. The predicted molar refractivity (Wildman–Crippen MR) is 115 cm³/mol. The topological polar surface area (TPSA) is 36.5 Å². The average Bonchev–Trinajstić information content (AvgIpc) is 2.69. The Hall–Kier alpha value is -2.11. The number of morpholine rings is 1. The van der Waals surface area contributed by atoms with Crippen LogP contribution in [0.4, 0.5) is 17.1 Å². The first kappa shape index (κ1) is 18.7. The minimum absolute atomic E-state index is 0.626. The molecule has 0 amide bonds. The van der Waals surface area contributed by atoms with Crippen LogP contribution in [0, 0.1) is 0 Å². The molecule has 26 heavy (non-hydrogen) atoms. The number of benzene rings is 2. The standard InChI is InChI=1S/C21H27N3OS/c1-3-16-8-7-9-17(4-2)20(16)23-21(26)22-18-10-5-6-11-19(18)24-12-14-25-15-13-24/h5-11H,3-4,12-15H2,1-2H3,(H2,22,23,26). The van der Waals surface area contributed by atoms with Crippen molar-refractivity contribution in [1.29, 1.82) is 0 Å². The number of hydrogen-bond acceptors (Lipinski definition) is 3. The zero-order valence-corrected chi connectivity index (χ0v) is 16.4. The molecule has 0 aliphatic carbocycles. The van der Waals surface area contributed by atoms with Gasteiger partial charge in [0.05, 0.1) is 24.6 Å². The predicted octanol–water partition coefficient (Wildman–Crippen LogP) is 4.46. The van der Waals surface area contributed by atoms with Gasteiger partial charge in [-0.2, -0.15) is 0 Å². The molecule has 0 aromatic heterocycles. The summed E-state index contributed by atoms with van der Waals surface area (Å²) in [6.45, 7) is 7.67. The monoisotopic (exact) mass is 369 g/mol. The average molecular weight is 370 g/mol. The van der Waals surface area contributed by atoms with E-state index in [1.54, 1.807) is 0 Å².